The Labute approximate surface area is 156 Å². The zero-order valence-electron chi connectivity index (χ0n) is 13.2. The molecule has 0 aromatic heterocycles. The van der Waals surface area contributed by atoms with E-state index in [2.05, 4.69) is 5.32 Å². The molecule has 0 aliphatic carbocycles. The van der Waals surface area contributed by atoms with Crippen molar-refractivity contribution in [3.8, 4) is 0 Å². The summed E-state index contributed by atoms with van der Waals surface area (Å²) in [6, 6.07) is 24.2. The molecule has 0 saturated heterocycles. The fraction of sp³-hybridized carbons (Fsp3) is 0. The number of amides is 1. The lowest BCUT2D eigenvalue weighted by atomic mass is 10.0. The third-order valence-electron chi connectivity index (χ3n) is 3.56. The zero-order chi connectivity index (χ0) is 17.6. The molecule has 3 rings (SSSR count). The normalized spacial score (nSPS) is 11.2. The van der Waals surface area contributed by atoms with Crippen LogP contribution in [0.25, 0.3) is 11.6 Å². The van der Waals surface area contributed by atoms with Crippen molar-refractivity contribution >= 4 is 46.4 Å². The number of nitrogens with one attached hydrogen (secondary N) is 1. The van der Waals surface area contributed by atoms with E-state index in [0.717, 1.165) is 11.1 Å². The van der Waals surface area contributed by atoms with Gasteiger partial charge in [-0.05, 0) is 35.4 Å². The van der Waals surface area contributed by atoms with Crippen molar-refractivity contribution in [1.82, 2.24) is 0 Å². The minimum Gasteiger partial charge on any atom is -0.322 e. The highest BCUT2D eigenvalue weighted by atomic mass is 35.5. The zero-order valence-corrected chi connectivity index (χ0v) is 14.8. The molecule has 0 aliphatic heterocycles. The van der Waals surface area contributed by atoms with Gasteiger partial charge in [0.25, 0.3) is 5.91 Å². The molecule has 1 N–H and O–H groups in total. The third-order valence-corrected chi connectivity index (χ3v) is 4.00. The van der Waals surface area contributed by atoms with Gasteiger partial charge in [0, 0.05) is 21.3 Å². The summed E-state index contributed by atoms with van der Waals surface area (Å²) in [5, 5.41) is 3.80. The molecule has 0 unspecified atom stereocenters. The Morgan fingerprint density at radius 1 is 0.800 bits per heavy atom. The number of hydrogen-bond acceptors (Lipinski definition) is 1. The highest BCUT2D eigenvalue weighted by molar-refractivity contribution is 6.35. The van der Waals surface area contributed by atoms with Crippen LogP contribution in [-0.4, -0.2) is 5.91 Å². The first-order chi connectivity index (χ1) is 12.1. The lowest BCUT2D eigenvalue weighted by Crippen LogP contribution is -2.13. The van der Waals surface area contributed by atoms with Crippen LogP contribution in [0.1, 0.15) is 11.1 Å². The smallest absolute Gasteiger partial charge is 0.256 e. The SMILES string of the molecule is O=C(Nc1cc(Cl)cc(Cl)c1)/C(=C/c1ccccc1)c1ccccc1. The molecule has 0 radical (unpaired) electrons. The van der Waals surface area contributed by atoms with Crippen molar-refractivity contribution in [3.05, 3.63) is 100 Å². The van der Waals surface area contributed by atoms with Crippen molar-refractivity contribution in [2.45, 2.75) is 0 Å². The second-order valence-corrected chi connectivity index (χ2v) is 6.32. The van der Waals surface area contributed by atoms with Crippen molar-refractivity contribution in [2.75, 3.05) is 5.32 Å². The first-order valence-electron chi connectivity index (χ1n) is 7.71. The summed E-state index contributed by atoms with van der Waals surface area (Å²) in [6.45, 7) is 0. The van der Waals surface area contributed by atoms with Crippen LogP contribution in [-0.2, 0) is 4.79 Å². The maximum absolute atomic E-state index is 12.9. The summed E-state index contributed by atoms with van der Waals surface area (Å²) in [5.41, 5.74) is 2.89. The number of carbonyl (C=O) groups excluding carboxylic acids is 1. The molecular formula is C21H15Cl2NO. The second-order valence-electron chi connectivity index (χ2n) is 5.45. The van der Waals surface area contributed by atoms with Gasteiger partial charge in [0.15, 0.2) is 0 Å². The van der Waals surface area contributed by atoms with Crippen molar-refractivity contribution in [3.63, 3.8) is 0 Å². The van der Waals surface area contributed by atoms with Gasteiger partial charge in [0.2, 0.25) is 0 Å². The van der Waals surface area contributed by atoms with Gasteiger partial charge < -0.3 is 5.32 Å². The average molecular weight is 368 g/mol. The summed E-state index contributed by atoms with van der Waals surface area (Å²) >= 11 is 12.0. The Bertz CT molecular complexity index is 885. The van der Waals surface area contributed by atoms with Gasteiger partial charge in [-0.15, -0.1) is 0 Å². The summed E-state index contributed by atoms with van der Waals surface area (Å²) in [4.78, 5) is 12.9. The molecular weight excluding hydrogens is 353 g/mol. The molecule has 0 saturated carbocycles. The van der Waals surface area contributed by atoms with Crippen LogP contribution in [0.2, 0.25) is 10.0 Å². The Hall–Kier alpha value is -2.55. The van der Waals surface area contributed by atoms with Crippen molar-refractivity contribution in [1.29, 1.82) is 0 Å². The molecule has 0 atom stereocenters. The third kappa shape index (κ3) is 4.72. The van der Waals surface area contributed by atoms with E-state index in [1.165, 1.54) is 0 Å². The van der Waals surface area contributed by atoms with E-state index in [0.29, 0.717) is 21.3 Å². The molecule has 0 spiro atoms. The van der Waals surface area contributed by atoms with E-state index in [9.17, 15) is 4.79 Å². The molecule has 0 bridgehead atoms. The Morgan fingerprint density at radius 3 is 1.96 bits per heavy atom. The molecule has 3 aromatic carbocycles. The van der Waals surface area contributed by atoms with Crippen LogP contribution >= 0.6 is 23.2 Å². The van der Waals surface area contributed by atoms with E-state index >= 15 is 0 Å². The van der Waals surface area contributed by atoms with Crippen LogP contribution in [0, 0.1) is 0 Å². The Kier molecular flexibility index (Phi) is 5.54. The predicted molar refractivity (Wildman–Crippen MR) is 106 cm³/mol. The van der Waals surface area contributed by atoms with Crippen LogP contribution in [0.3, 0.4) is 0 Å². The number of halogens is 2. The highest BCUT2D eigenvalue weighted by Crippen LogP contribution is 2.25. The van der Waals surface area contributed by atoms with E-state index < -0.39 is 0 Å². The van der Waals surface area contributed by atoms with Gasteiger partial charge in [-0.25, -0.2) is 0 Å². The monoisotopic (exact) mass is 367 g/mol. The lowest BCUT2D eigenvalue weighted by molar-refractivity contribution is -0.111. The number of hydrogen-bond donors (Lipinski definition) is 1. The highest BCUT2D eigenvalue weighted by Gasteiger charge is 2.13. The largest absolute Gasteiger partial charge is 0.322 e. The van der Waals surface area contributed by atoms with Crippen LogP contribution in [0.5, 0.6) is 0 Å². The number of anilines is 1. The van der Waals surface area contributed by atoms with E-state index in [-0.39, 0.29) is 5.91 Å². The summed E-state index contributed by atoms with van der Waals surface area (Å²) in [6.07, 6.45) is 1.86. The summed E-state index contributed by atoms with van der Waals surface area (Å²) < 4.78 is 0. The summed E-state index contributed by atoms with van der Waals surface area (Å²) in [5.74, 6) is -0.228. The quantitative estimate of drug-likeness (QED) is 0.433. The minimum absolute atomic E-state index is 0.228. The van der Waals surface area contributed by atoms with Crippen molar-refractivity contribution in [2.24, 2.45) is 0 Å². The van der Waals surface area contributed by atoms with E-state index in [1.54, 1.807) is 18.2 Å². The van der Waals surface area contributed by atoms with E-state index in [4.69, 9.17) is 23.2 Å². The predicted octanol–water partition coefficient (Wildman–Crippen LogP) is 6.17. The fourth-order valence-corrected chi connectivity index (χ4v) is 2.96. The lowest BCUT2D eigenvalue weighted by Gasteiger charge is -2.10. The first-order valence-corrected chi connectivity index (χ1v) is 8.47. The van der Waals surface area contributed by atoms with Gasteiger partial charge in [0.1, 0.15) is 0 Å². The maximum atomic E-state index is 12.9. The molecule has 0 aliphatic rings. The van der Waals surface area contributed by atoms with Gasteiger partial charge in [-0.3, -0.25) is 4.79 Å². The Balaban J connectivity index is 1.96. The van der Waals surface area contributed by atoms with Gasteiger partial charge in [-0.1, -0.05) is 83.9 Å². The van der Waals surface area contributed by atoms with Crippen molar-refractivity contribution < 1.29 is 4.79 Å². The molecule has 0 heterocycles. The molecule has 0 fully saturated rings. The number of carbonyl (C=O) groups is 1. The molecule has 4 heteroatoms. The second kappa shape index (κ2) is 8.02. The van der Waals surface area contributed by atoms with Crippen LogP contribution in [0.4, 0.5) is 5.69 Å². The van der Waals surface area contributed by atoms with Crippen LogP contribution in [0.15, 0.2) is 78.9 Å². The molecule has 1 amide bonds. The number of benzene rings is 3. The molecule has 124 valence electrons. The molecule has 25 heavy (non-hydrogen) atoms. The van der Waals surface area contributed by atoms with Gasteiger partial charge >= 0.3 is 0 Å². The minimum atomic E-state index is -0.228. The summed E-state index contributed by atoms with van der Waals surface area (Å²) in [7, 11) is 0. The van der Waals surface area contributed by atoms with Gasteiger partial charge in [-0.2, -0.15) is 0 Å². The topological polar surface area (TPSA) is 29.1 Å². The van der Waals surface area contributed by atoms with Crippen LogP contribution < -0.4 is 5.32 Å². The Morgan fingerprint density at radius 2 is 1.36 bits per heavy atom. The number of rotatable bonds is 4. The molecule has 3 aromatic rings. The fourth-order valence-electron chi connectivity index (χ4n) is 2.44. The maximum Gasteiger partial charge on any atom is 0.256 e. The average Bonchev–Trinajstić information content (AvgIpc) is 2.60. The molecule has 2 nitrogen and oxygen atoms in total. The van der Waals surface area contributed by atoms with E-state index in [1.807, 2.05) is 66.7 Å². The van der Waals surface area contributed by atoms with Gasteiger partial charge in [0.05, 0.1) is 0 Å². The first kappa shape index (κ1) is 17.3. The standard InChI is InChI=1S/C21H15Cl2NO/c22-17-12-18(23)14-19(13-17)24-21(25)20(16-9-5-2-6-10-16)11-15-7-3-1-4-8-15/h1-14H,(H,24,25)/b20-11+.